The van der Waals surface area contributed by atoms with E-state index in [1.54, 1.807) is 32.4 Å². The molecule has 2 bridgehead atoms. The second kappa shape index (κ2) is 5.35. The average molecular weight is 275 g/mol. The van der Waals surface area contributed by atoms with E-state index < -0.39 is 0 Å². The number of amides is 1. The van der Waals surface area contributed by atoms with Gasteiger partial charge in [0.1, 0.15) is 0 Å². The fourth-order valence-corrected chi connectivity index (χ4v) is 3.65. The summed E-state index contributed by atoms with van der Waals surface area (Å²) in [5.74, 6) is 2.74. The third kappa shape index (κ3) is 2.35. The number of methoxy groups -OCH3 is 2. The fourth-order valence-electron chi connectivity index (χ4n) is 3.65. The normalized spacial score (nSPS) is 27.4. The van der Waals surface area contributed by atoms with Gasteiger partial charge in [0.05, 0.1) is 14.2 Å². The maximum Gasteiger partial charge on any atom is 0.251 e. The third-order valence-electron chi connectivity index (χ3n) is 4.70. The molecule has 4 nitrogen and oxygen atoms in total. The molecule has 0 radical (unpaired) electrons. The van der Waals surface area contributed by atoms with Gasteiger partial charge in [0, 0.05) is 11.6 Å². The van der Waals surface area contributed by atoms with Crippen LogP contribution in [0.2, 0.25) is 0 Å². The van der Waals surface area contributed by atoms with E-state index in [1.165, 1.54) is 19.3 Å². The van der Waals surface area contributed by atoms with Crippen molar-refractivity contribution in [1.29, 1.82) is 0 Å². The first-order valence-electron chi connectivity index (χ1n) is 7.24. The number of carbonyl (C=O) groups is 1. The number of hydrogen-bond donors (Lipinski definition) is 1. The van der Waals surface area contributed by atoms with E-state index in [4.69, 9.17) is 9.47 Å². The summed E-state index contributed by atoms with van der Waals surface area (Å²) in [6.45, 7) is 0. The molecule has 1 aromatic carbocycles. The summed E-state index contributed by atoms with van der Waals surface area (Å²) in [7, 11) is 3.17. The Morgan fingerprint density at radius 1 is 1.15 bits per heavy atom. The largest absolute Gasteiger partial charge is 0.493 e. The molecule has 20 heavy (non-hydrogen) atoms. The van der Waals surface area contributed by atoms with Crippen LogP contribution in [0.3, 0.4) is 0 Å². The molecule has 4 heteroatoms. The smallest absolute Gasteiger partial charge is 0.251 e. The quantitative estimate of drug-likeness (QED) is 0.919. The maximum absolute atomic E-state index is 12.3. The topological polar surface area (TPSA) is 47.6 Å². The Kier molecular flexibility index (Phi) is 3.55. The van der Waals surface area contributed by atoms with Gasteiger partial charge in [-0.05, 0) is 49.3 Å². The van der Waals surface area contributed by atoms with Crippen molar-refractivity contribution in [2.45, 2.75) is 31.7 Å². The highest BCUT2D eigenvalue weighted by atomic mass is 16.5. The molecular formula is C16H21NO3. The van der Waals surface area contributed by atoms with Crippen molar-refractivity contribution < 1.29 is 14.3 Å². The van der Waals surface area contributed by atoms with Gasteiger partial charge in [-0.3, -0.25) is 4.79 Å². The number of ether oxygens (including phenoxy) is 2. The summed E-state index contributed by atoms with van der Waals surface area (Å²) in [6, 6.07) is 5.65. The zero-order valence-corrected chi connectivity index (χ0v) is 12.0. The van der Waals surface area contributed by atoms with Crippen molar-refractivity contribution in [2.24, 2.45) is 11.8 Å². The molecule has 0 heterocycles. The predicted molar refractivity (Wildman–Crippen MR) is 76.2 cm³/mol. The summed E-state index contributed by atoms with van der Waals surface area (Å²) in [5, 5.41) is 3.18. The van der Waals surface area contributed by atoms with E-state index in [9.17, 15) is 4.79 Å². The highest BCUT2D eigenvalue weighted by Gasteiger charge is 2.40. The first-order valence-corrected chi connectivity index (χ1v) is 7.24. The summed E-state index contributed by atoms with van der Waals surface area (Å²) < 4.78 is 10.4. The molecule has 2 fully saturated rings. The van der Waals surface area contributed by atoms with E-state index in [2.05, 4.69) is 5.32 Å². The van der Waals surface area contributed by atoms with Crippen molar-refractivity contribution in [3.63, 3.8) is 0 Å². The van der Waals surface area contributed by atoms with E-state index in [-0.39, 0.29) is 5.91 Å². The average Bonchev–Trinajstić information content (AvgIpc) is 3.09. The Bertz CT molecular complexity index is 514. The van der Waals surface area contributed by atoms with Crippen molar-refractivity contribution in [2.75, 3.05) is 14.2 Å². The number of carbonyl (C=O) groups excluding carboxylic acids is 1. The van der Waals surface area contributed by atoms with Crippen molar-refractivity contribution >= 4 is 5.91 Å². The van der Waals surface area contributed by atoms with Crippen LogP contribution in [-0.4, -0.2) is 26.2 Å². The maximum atomic E-state index is 12.3. The molecule has 2 aliphatic rings. The Balaban J connectivity index is 1.71. The Morgan fingerprint density at radius 3 is 2.55 bits per heavy atom. The lowest BCUT2D eigenvalue weighted by Gasteiger charge is -2.23. The molecule has 108 valence electrons. The van der Waals surface area contributed by atoms with Crippen LogP contribution in [0.1, 0.15) is 36.0 Å². The lowest BCUT2D eigenvalue weighted by Crippen LogP contribution is -2.38. The SMILES string of the molecule is COc1ccc(C(=O)N[C@@H]2C[C@@H]3CC[C@@H]2C3)cc1OC. The first kappa shape index (κ1) is 13.3. The second-order valence-electron chi connectivity index (χ2n) is 5.82. The molecule has 2 aliphatic carbocycles. The summed E-state index contributed by atoms with van der Waals surface area (Å²) >= 11 is 0. The van der Waals surface area contributed by atoms with E-state index >= 15 is 0 Å². The third-order valence-corrected chi connectivity index (χ3v) is 4.70. The van der Waals surface area contributed by atoms with Crippen LogP contribution >= 0.6 is 0 Å². The lowest BCUT2D eigenvalue weighted by molar-refractivity contribution is 0.0922. The van der Waals surface area contributed by atoms with Crippen LogP contribution in [0.5, 0.6) is 11.5 Å². The number of fused-ring (bicyclic) bond motifs is 2. The molecule has 0 aromatic heterocycles. The second-order valence-corrected chi connectivity index (χ2v) is 5.82. The molecular weight excluding hydrogens is 254 g/mol. The Hall–Kier alpha value is -1.71. The summed E-state index contributed by atoms with van der Waals surface area (Å²) in [5.41, 5.74) is 0.630. The van der Waals surface area contributed by atoms with Gasteiger partial charge in [0.25, 0.3) is 5.91 Å². The highest BCUT2D eigenvalue weighted by molar-refractivity contribution is 5.95. The Labute approximate surface area is 119 Å². The summed E-state index contributed by atoms with van der Waals surface area (Å²) in [6.07, 6.45) is 5.04. The number of hydrogen-bond acceptors (Lipinski definition) is 3. The predicted octanol–water partition coefficient (Wildman–Crippen LogP) is 2.62. The van der Waals surface area contributed by atoms with Gasteiger partial charge in [-0.1, -0.05) is 6.42 Å². The van der Waals surface area contributed by atoms with Gasteiger partial charge in [0.15, 0.2) is 11.5 Å². The van der Waals surface area contributed by atoms with Crippen LogP contribution in [0.25, 0.3) is 0 Å². The van der Waals surface area contributed by atoms with Gasteiger partial charge in [0.2, 0.25) is 0 Å². The minimum Gasteiger partial charge on any atom is -0.493 e. The minimum atomic E-state index is -0.0106. The van der Waals surface area contributed by atoms with E-state index in [0.29, 0.717) is 29.0 Å². The number of nitrogens with one attached hydrogen (secondary N) is 1. The van der Waals surface area contributed by atoms with Crippen LogP contribution < -0.4 is 14.8 Å². The van der Waals surface area contributed by atoms with Gasteiger partial charge >= 0.3 is 0 Å². The molecule has 3 atom stereocenters. The molecule has 0 unspecified atom stereocenters. The monoisotopic (exact) mass is 275 g/mol. The standard InChI is InChI=1S/C16H21NO3/c1-19-14-6-5-12(9-15(14)20-2)16(18)17-13-8-10-3-4-11(13)7-10/h5-6,9-11,13H,3-4,7-8H2,1-2H3,(H,17,18)/t10-,11-,13-/m1/s1. The number of rotatable bonds is 4. The number of benzene rings is 1. The van der Waals surface area contributed by atoms with E-state index in [0.717, 1.165) is 12.3 Å². The Morgan fingerprint density at radius 2 is 1.95 bits per heavy atom. The van der Waals surface area contributed by atoms with Crippen molar-refractivity contribution in [1.82, 2.24) is 5.32 Å². The molecule has 0 aliphatic heterocycles. The van der Waals surface area contributed by atoms with Gasteiger partial charge in [-0.2, -0.15) is 0 Å². The van der Waals surface area contributed by atoms with Crippen LogP contribution in [-0.2, 0) is 0 Å². The zero-order chi connectivity index (χ0) is 14.1. The van der Waals surface area contributed by atoms with Crippen LogP contribution in [0.4, 0.5) is 0 Å². The molecule has 0 spiro atoms. The molecule has 3 rings (SSSR count). The van der Waals surface area contributed by atoms with E-state index in [1.807, 2.05) is 0 Å². The minimum absolute atomic E-state index is 0.0106. The first-order chi connectivity index (χ1) is 9.71. The van der Waals surface area contributed by atoms with Crippen LogP contribution in [0.15, 0.2) is 18.2 Å². The molecule has 1 N–H and O–H groups in total. The molecule has 1 aromatic rings. The van der Waals surface area contributed by atoms with Crippen LogP contribution in [0, 0.1) is 11.8 Å². The lowest BCUT2D eigenvalue weighted by atomic mass is 9.95. The summed E-state index contributed by atoms with van der Waals surface area (Å²) in [4.78, 5) is 12.3. The zero-order valence-electron chi connectivity index (χ0n) is 12.0. The molecule has 2 saturated carbocycles. The molecule has 0 saturated heterocycles. The van der Waals surface area contributed by atoms with Crippen molar-refractivity contribution in [3.05, 3.63) is 23.8 Å². The highest BCUT2D eigenvalue weighted by Crippen LogP contribution is 2.44. The fraction of sp³-hybridized carbons (Fsp3) is 0.562. The van der Waals surface area contributed by atoms with Gasteiger partial charge < -0.3 is 14.8 Å². The van der Waals surface area contributed by atoms with Gasteiger partial charge in [-0.25, -0.2) is 0 Å². The van der Waals surface area contributed by atoms with Gasteiger partial charge in [-0.15, -0.1) is 0 Å². The van der Waals surface area contributed by atoms with Crippen molar-refractivity contribution in [3.8, 4) is 11.5 Å². The molecule has 1 amide bonds.